The maximum Gasteiger partial charge on any atom is -0.0283 e. The Morgan fingerprint density at radius 3 is 3.10 bits per heavy atom. The fourth-order valence-electron chi connectivity index (χ4n) is 1.50. The molecule has 1 rings (SSSR count). The topological polar surface area (TPSA) is 0 Å². The van der Waals surface area contributed by atoms with E-state index in [1.165, 1.54) is 37.7 Å². The van der Waals surface area contributed by atoms with Gasteiger partial charge in [-0.05, 0) is 38.5 Å². The summed E-state index contributed by atoms with van der Waals surface area (Å²) in [5.74, 6) is 0.935. The highest BCUT2D eigenvalue weighted by molar-refractivity contribution is 5.05. The normalized spacial score (nSPS) is 33.8. The minimum Gasteiger partial charge on any atom is -0.0853 e. The van der Waals surface area contributed by atoms with Crippen molar-refractivity contribution < 1.29 is 0 Å². The quantitative estimate of drug-likeness (QED) is 0.480. The fraction of sp³-hybridized carbons (Fsp3) is 0.700. The Kier molecular flexibility index (Phi) is 2.98. The van der Waals surface area contributed by atoms with Gasteiger partial charge in [0.2, 0.25) is 0 Å². The Bertz CT molecular complexity index is 122. The van der Waals surface area contributed by atoms with Gasteiger partial charge in [-0.25, -0.2) is 0 Å². The summed E-state index contributed by atoms with van der Waals surface area (Å²) in [6.07, 6.45) is 8.88. The van der Waals surface area contributed by atoms with Crippen molar-refractivity contribution in [3.05, 3.63) is 18.6 Å². The SMILES string of the molecule is [CH2]/C1=C/CCC(C)CCC1. The number of rotatable bonds is 0. The molecule has 1 aliphatic carbocycles. The summed E-state index contributed by atoms with van der Waals surface area (Å²) in [4.78, 5) is 0. The lowest BCUT2D eigenvalue weighted by Gasteiger charge is -2.13. The molecule has 0 aromatic rings. The van der Waals surface area contributed by atoms with Gasteiger partial charge >= 0.3 is 0 Å². The molecule has 0 bridgehead atoms. The van der Waals surface area contributed by atoms with Crippen LogP contribution in [-0.2, 0) is 0 Å². The summed E-state index contributed by atoms with van der Waals surface area (Å²) in [5, 5.41) is 0. The molecule has 0 fully saturated rings. The Morgan fingerprint density at radius 2 is 2.30 bits per heavy atom. The molecular formula is C10H17. The molecule has 1 radical (unpaired) electrons. The molecule has 0 spiro atoms. The molecule has 0 aliphatic heterocycles. The van der Waals surface area contributed by atoms with Crippen LogP contribution in [-0.4, -0.2) is 0 Å². The van der Waals surface area contributed by atoms with Gasteiger partial charge in [-0.3, -0.25) is 0 Å². The van der Waals surface area contributed by atoms with Gasteiger partial charge in [0.15, 0.2) is 0 Å². The third kappa shape index (κ3) is 2.55. The van der Waals surface area contributed by atoms with Crippen molar-refractivity contribution in [2.45, 2.75) is 39.0 Å². The van der Waals surface area contributed by atoms with Crippen molar-refractivity contribution in [1.29, 1.82) is 0 Å². The van der Waals surface area contributed by atoms with E-state index in [4.69, 9.17) is 0 Å². The van der Waals surface area contributed by atoms with Crippen molar-refractivity contribution in [2.75, 3.05) is 0 Å². The Hall–Kier alpha value is -0.260. The second-order valence-corrected chi connectivity index (χ2v) is 3.44. The van der Waals surface area contributed by atoms with E-state index in [0.29, 0.717) is 0 Å². The van der Waals surface area contributed by atoms with Crippen LogP contribution < -0.4 is 0 Å². The van der Waals surface area contributed by atoms with Crippen molar-refractivity contribution in [2.24, 2.45) is 5.92 Å². The van der Waals surface area contributed by atoms with Gasteiger partial charge in [-0.2, -0.15) is 0 Å². The zero-order valence-corrected chi connectivity index (χ0v) is 6.90. The maximum absolute atomic E-state index is 3.99. The van der Waals surface area contributed by atoms with Gasteiger partial charge in [0, 0.05) is 0 Å². The molecule has 1 atom stereocenters. The second kappa shape index (κ2) is 3.80. The first-order chi connectivity index (χ1) is 4.79. The standard InChI is InChI=1S/C10H17/c1-9-5-3-7-10(2)8-4-6-9/h5,10H,1,3-4,6-8H2,2H3/b9-5-. The molecule has 0 saturated heterocycles. The van der Waals surface area contributed by atoms with E-state index in [1.807, 2.05) is 0 Å². The van der Waals surface area contributed by atoms with Crippen LogP contribution in [0.1, 0.15) is 39.0 Å². The van der Waals surface area contributed by atoms with E-state index in [2.05, 4.69) is 19.9 Å². The summed E-state index contributed by atoms with van der Waals surface area (Å²) in [6, 6.07) is 0. The lowest BCUT2D eigenvalue weighted by atomic mass is 9.93. The van der Waals surface area contributed by atoms with E-state index in [1.54, 1.807) is 0 Å². The lowest BCUT2D eigenvalue weighted by Crippen LogP contribution is -1.97. The average molecular weight is 137 g/mol. The third-order valence-corrected chi connectivity index (χ3v) is 2.29. The summed E-state index contributed by atoms with van der Waals surface area (Å²) in [7, 11) is 0. The molecule has 0 heterocycles. The van der Waals surface area contributed by atoms with Gasteiger partial charge in [-0.15, -0.1) is 0 Å². The number of allylic oxidation sites excluding steroid dienone is 2. The summed E-state index contributed by atoms with van der Waals surface area (Å²) in [5.41, 5.74) is 1.35. The van der Waals surface area contributed by atoms with E-state index >= 15 is 0 Å². The van der Waals surface area contributed by atoms with Gasteiger partial charge < -0.3 is 0 Å². The number of hydrogen-bond donors (Lipinski definition) is 0. The molecule has 57 valence electrons. The largest absolute Gasteiger partial charge is 0.0853 e. The van der Waals surface area contributed by atoms with E-state index in [-0.39, 0.29) is 0 Å². The molecule has 0 saturated carbocycles. The first-order valence-corrected chi connectivity index (χ1v) is 4.30. The molecule has 10 heavy (non-hydrogen) atoms. The smallest absolute Gasteiger partial charge is 0.0283 e. The molecule has 0 nitrogen and oxygen atoms in total. The van der Waals surface area contributed by atoms with E-state index in [0.717, 1.165) is 5.92 Å². The Labute approximate surface area is 64.3 Å². The van der Waals surface area contributed by atoms with Crippen LogP contribution in [0.25, 0.3) is 0 Å². The minimum atomic E-state index is 0.935. The van der Waals surface area contributed by atoms with Crippen LogP contribution in [0, 0.1) is 12.8 Å². The van der Waals surface area contributed by atoms with Crippen LogP contribution in [0.5, 0.6) is 0 Å². The predicted octanol–water partition coefficient (Wildman–Crippen LogP) is 3.35. The van der Waals surface area contributed by atoms with Crippen LogP contribution in [0.2, 0.25) is 0 Å². The molecule has 1 unspecified atom stereocenters. The van der Waals surface area contributed by atoms with Crippen LogP contribution in [0.3, 0.4) is 0 Å². The van der Waals surface area contributed by atoms with Gasteiger partial charge in [0.05, 0.1) is 0 Å². The van der Waals surface area contributed by atoms with Crippen molar-refractivity contribution in [3.63, 3.8) is 0 Å². The summed E-state index contributed by atoms with van der Waals surface area (Å²) >= 11 is 0. The molecule has 0 aromatic carbocycles. The molecule has 1 aliphatic rings. The molecular weight excluding hydrogens is 120 g/mol. The summed E-state index contributed by atoms with van der Waals surface area (Å²) < 4.78 is 0. The van der Waals surface area contributed by atoms with Crippen LogP contribution in [0.15, 0.2) is 11.6 Å². The van der Waals surface area contributed by atoms with Crippen molar-refractivity contribution in [3.8, 4) is 0 Å². The Morgan fingerprint density at radius 1 is 1.50 bits per heavy atom. The van der Waals surface area contributed by atoms with Gasteiger partial charge in [0.25, 0.3) is 0 Å². The second-order valence-electron chi connectivity index (χ2n) is 3.44. The minimum absolute atomic E-state index is 0.935. The zero-order chi connectivity index (χ0) is 7.40. The highest BCUT2D eigenvalue weighted by Gasteiger charge is 2.04. The van der Waals surface area contributed by atoms with Crippen LogP contribution in [0.4, 0.5) is 0 Å². The summed E-state index contributed by atoms with van der Waals surface area (Å²) in [6.45, 7) is 6.33. The van der Waals surface area contributed by atoms with Crippen LogP contribution >= 0.6 is 0 Å². The fourth-order valence-corrected chi connectivity index (χ4v) is 1.50. The van der Waals surface area contributed by atoms with Gasteiger partial charge in [0.1, 0.15) is 0 Å². The monoisotopic (exact) mass is 137 g/mol. The van der Waals surface area contributed by atoms with E-state index < -0.39 is 0 Å². The van der Waals surface area contributed by atoms with Crippen molar-refractivity contribution >= 4 is 0 Å². The predicted molar refractivity (Wildman–Crippen MR) is 45.7 cm³/mol. The Balaban J connectivity index is 2.38. The van der Waals surface area contributed by atoms with E-state index in [9.17, 15) is 0 Å². The first-order valence-electron chi connectivity index (χ1n) is 4.30. The third-order valence-electron chi connectivity index (χ3n) is 2.29. The lowest BCUT2D eigenvalue weighted by molar-refractivity contribution is 0.470. The molecule has 0 amide bonds. The average Bonchev–Trinajstić information content (AvgIpc) is 1.84. The van der Waals surface area contributed by atoms with Crippen molar-refractivity contribution in [1.82, 2.24) is 0 Å². The molecule has 0 heteroatoms. The van der Waals surface area contributed by atoms with Gasteiger partial charge in [-0.1, -0.05) is 25.0 Å². The highest BCUT2D eigenvalue weighted by atomic mass is 14.1. The highest BCUT2D eigenvalue weighted by Crippen LogP contribution is 2.20. The number of hydrogen-bond acceptors (Lipinski definition) is 0. The maximum atomic E-state index is 3.99. The molecule has 0 aromatic heterocycles. The zero-order valence-electron chi connectivity index (χ0n) is 6.90. The first kappa shape index (κ1) is 7.84. The molecule has 0 N–H and O–H groups in total.